The van der Waals surface area contributed by atoms with Crippen LogP contribution in [0.4, 0.5) is 5.69 Å². The summed E-state index contributed by atoms with van der Waals surface area (Å²) in [5.74, 6) is -0.0388. The number of fused-ring (bicyclic) bond motifs is 1. The van der Waals surface area contributed by atoms with Gasteiger partial charge in [0.2, 0.25) is 0 Å². The molecule has 0 unspecified atom stereocenters. The number of non-ortho nitro benzene ring substituents is 1. The average Bonchev–Trinajstić information content (AvgIpc) is 3.30. The van der Waals surface area contributed by atoms with Crippen molar-refractivity contribution in [2.75, 3.05) is 7.11 Å². The van der Waals surface area contributed by atoms with Crippen molar-refractivity contribution in [3.63, 3.8) is 0 Å². The van der Waals surface area contributed by atoms with Crippen molar-refractivity contribution in [3.8, 4) is 5.75 Å². The molecule has 2 heterocycles. The highest BCUT2D eigenvalue weighted by atomic mass is 79.9. The normalized spacial score (nSPS) is 14.8. The molecule has 0 bridgehead atoms. The van der Waals surface area contributed by atoms with E-state index in [2.05, 4.69) is 31.9 Å². The smallest absolute Gasteiger partial charge is 0.338 e. The van der Waals surface area contributed by atoms with Gasteiger partial charge in [-0.15, -0.1) is 0 Å². The summed E-state index contributed by atoms with van der Waals surface area (Å²) in [6.07, 6.45) is 2.22. The van der Waals surface area contributed by atoms with Crippen LogP contribution in [0.25, 0.3) is 6.08 Å². The lowest BCUT2D eigenvalue weighted by Gasteiger charge is -2.25. The monoisotopic (exact) mass is 711 g/mol. The molecule has 4 aromatic rings. The Morgan fingerprint density at radius 2 is 1.86 bits per heavy atom. The summed E-state index contributed by atoms with van der Waals surface area (Å²) in [6, 6.07) is 18.4. The van der Waals surface area contributed by atoms with Gasteiger partial charge >= 0.3 is 5.97 Å². The van der Waals surface area contributed by atoms with E-state index < -0.39 is 16.9 Å². The zero-order valence-electron chi connectivity index (χ0n) is 22.4. The van der Waals surface area contributed by atoms with E-state index in [0.29, 0.717) is 42.8 Å². The summed E-state index contributed by atoms with van der Waals surface area (Å²) in [7, 11) is 1.32. The van der Waals surface area contributed by atoms with E-state index in [1.54, 1.807) is 22.8 Å². The van der Waals surface area contributed by atoms with Gasteiger partial charge in [-0.1, -0.05) is 64.5 Å². The number of carbonyl (C=O) groups excluding carboxylic acids is 1. The van der Waals surface area contributed by atoms with Crippen LogP contribution in [0.1, 0.15) is 36.1 Å². The number of nitro groups is 1. The lowest BCUT2D eigenvalue weighted by Crippen LogP contribution is -2.40. The largest absolute Gasteiger partial charge is 0.487 e. The van der Waals surface area contributed by atoms with E-state index in [9.17, 15) is 19.7 Å². The van der Waals surface area contributed by atoms with Crippen LogP contribution in [0.5, 0.6) is 5.75 Å². The standard InChI is InChI=1S/C30H23Br2N3O6S/c1-3-23-25(29(37)40-2)26(18-7-5-4-6-8-18)34-28(36)24(42-30(34)33-23)14-19-13-20(31)15-22(32)27(19)41-16-17-9-11-21(12-10-17)35(38)39/h4-15,26H,3,16H2,1-2H3/b24-14+/t26-/m0/s1. The molecule has 0 saturated heterocycles. The van der Waals surface area contributed by atoms with Crippen LogP contribution >= 0.6 is 43.2 Å². The van der Waals surface area contributed by atoms with Crippen molar-refractivity contribution in [2.24, 2.45) is 4.99 Å². The van der Waals surface area contributed by atoms with Crippen LogP contribution in [-0.2, 0) is 16.1 Å². The zero-order chi connectivity index (χ0) is 30.0. The molecule has 0 spiro atoms. The van der Waals surface area contributed by atoms with Crippen LogP contribution in [0, 0.1) is 10.1 Å². The second-order valence-corrected chi connectivity index (χ2v) is 12.0. The first-order valence-electron chi connectivity index (χ1n) is 12.7. The van der Waals surface area contributed by atoms with E-state index in [0.717, 1.165) is 15.6 Å². The number of methoxy groups -OCH3 is 1. The van der Waals surface area contributed by atoms with Crippen LogP contribution in [-0.4, -0.2) is 22.6 Å². The van der Waals surface area contributed by atoms with E-state index in [1.165, 1.54) is 30.6 Å². The fourth-order valence-electron chi connectivity index (χ4n) is 4.67. The van der Waals surface area contributed by atoms with E-state index in [-0.39, 0.29) is 17.9 Å². The number of nitrogens with zero attached hydrogens (tertiary/aromatic N) is 3. The topological polar surface area (TPSA) is 113 Å². The summed E-state index contributed by atoms with van der Waals surface area (Å²) in [5, 5.41) is 11.0. The van der Waals surface area contributed by atoms with Gasteiger partial charge in [-0.3, -0.25) is 19.5 Å². The number of hydrogen-bond donors (Lipinski definition) is 0. The molecule has 0 N–H and O–H groups in total. The molecule has 0 amide bonds. The Morgan fingerprint density at radius 3 is 2.50 bits per heavy atom. The molecular weight excluding hydrogens is 690 g/mol. The Kier molecular flexibility index (Phi) is 8.85. The molecule has 0 fully saturated rings. The molecule has 214 valence electrons. The molecule has 0 saturated carbocycles. The van der Waals surface area contributed by atoms with Crippen molar-refractivity contribution in [2.45, 2.75) is 26.0 Å². The minimum atomic E-state index is -0.695. The molecule has 0 aliphatic carbocycles. The summed E-state index contributed by atoms with van der Waals surface area (Å²) in [4.78, 5) is 42.7. The maximum Gasteiger partial charge on any atom is 0.338 e. The average molecular weight is 713 g/mol. The maximum atomic E-state index is 14.0. The Balaban J connectivity index is 1.62. The minimum Gasteiger partial charge on any atom is -0.487 e. The van der Waals surface area contributed by atoms with Gasteiger partial charge in [0.25, 0.3) is 11.2 Å². The number of benzene rings is 3. The van der Waals surface area contributed by atoms with Crippen molar-refractivity contribution in [3.05, 3.63) is 133 Å². The van der Waals surface area contributed by atoms with Gasteiger partial charge in [0.1, 0.15) is 12.4 Å². The van der Waals surface area contributed by atoms with E-state index >= 15 is 0 Å². The highest BCUT2D eigenvalue weighted by Gasteiger charge is 2.33. The maximum absolute atomic E-state index is 14.0. The second kappa shape index (κ2) is 12.6. The Labute approximate surface area is 260 Å². The fourth-order valence-corrected chi connectivity index (χ4v) is 7.05. The Hall–Kier alpha value is -3.87. The van der Waals surface area contributed by atoms with Crippen LogP contribution in [0.2, 0.25) is 0 Å². The fraction of sp³-hybridized carbons (Fsp3) is 0.167. The molecule has 5 rings (SSSR count). The van der Waals surface area contributed by atoms with E-state index in [1.807, 2.05) is 49.4 Å². The number of hydrogen-bond acceptors (Lipinski definition) is 8. The van der Waals surface area contributed by atoms with E-state index in [4.69, 9.17) is 14.5 Å². The Bertz CT molecular complexity index is 1900. The molecule has 42 heavy (non-hydrogen) atoms. The number of aromatic nitrogens is 1. The molecule has 0 radical (unpaired) electrons. The highest BCUT2D eigenvalue weighted by molar-refractivity contribution is 9.11. The number of thiazole rings is 1. The summed E-state index contributed by atoms with van der Waals surface area (Å²) in [6.45, 7) is 2.06. The molecule has 9 nitrogen and oxygen atoms in total. The van der Waals surface area contributed by atoms with Gasteiger partial charge in [0.15, 0.2) is 4.80 Å². The molecule has 1 aromatic heterocycles. The zero-order valence-corrected chi connectivity index (χ0v) is 26.4. The third kappa shape index (κ3) is 5.87. The van der Waals surface area contributed by atoms with Crippen LogP contribution < -0.4 is 19.6 Å². The second-order valence-electron chi connectivity index (χ2n) is 9.22. The summed E-state index contributed by atoms with van der Waals surface area (Å²) in [5.41, 5.74) is 2.73. The molecule has 1 aliphatic heterocycles. The number of nitro benzene ring substituents is 1. The number of esters is 1. The van der Waals surface area contributed by atoms with Crippen molar-refractivity contribution >= 4 is 60.9 Å². The quantitative estimate of drug-likeness (QED) is 0.130. The minimum absolute atomic E-state index is 0.00460. The first kappa shape index (κ1) is 29.6. The third-order valence-corrected chi connectivity index (χ3v) is 8.65. The predicted octanol–water partition coefficient (Wildman–Crippen LogP) is 5.81. The molecule has 1 atom stereocenters. The molecular formula is C30H23Br2N3O6S. The number of rotatable bonds is 8. The van der Waals surface area contributed by atoms with Gasteiger partial charge in [-0.2, -0.15) is 0 Å². The van der Waals surface area contributed by atoms with Gasteiger partial charge in [0, 0.05) is 22.2 Å². The summed E-state index contributed by atoms with van der Waals surface area (Å²) < 4.78 is 14.6. The molecule has 1 aliphatic rings. The first-order valence-corrected chi connectivity index (χ1v) is 15.1. The molecule has 12 heteroatoms. The lowest BCUT2D eigenvalue weighted by atomic mass is 9.95. The Morgan fingerprint density at radius 1 is 1.14 bits per heavy atom. The van der Waals surface area contributed by atoms with Gasteiger partial charge in [-0.25, -0.2) is 9.79 Å². The number of halogens is 2. The van der Waals surface area contributed by atoms with Gasteiger partial charge in [-0.05, 0) is 63.8 Å². The summed E-state index contributed by atoms with van der Waals surface area (Å²) >= 11 is 8.30. The third-order valence-electron chi connectivity index (χ3n) is 6.62. The van der Waals surface area contributed by atoms with Crippen molar-refractivity contribution < 1.29 is 19.2 Å². The number of carbonyl (C=O) groups is 1. The number of allylic oxidation sites excluding steroid dienone is 1. The van der Waals surface area contributed by atoms with Crippen LogP contribution in [0.15, 0.2) is 96.7 Å². The SMILES string of the molecule is CCC1=C(C(=O)OC)[C@H](c2ccccc2)n2c(s/c(=C/c3cc(Br)cc(Br)c3OCc3ccc([N+](=O)[O-])cc3)c2=O)=N1. The van der Waals surface area contributed by atoms with Crippen molar-refractivity contribution in [1.82, 2.24) is 4.57 Å². The first-order chi connectivity index (χ1) is 20.2. The number of ether oxygens (including phenoxy) is 2. The van der Waals surface area contributed by atoms with Gasteiger partial charge < -0.3 is 9.47 Å². The van der Waals surface area contributed by atoms with Gasteiger partial charge in [0.05, 0.1) is 38.4 Å². The molecule has 3 aromatic carbocycles. The predicted molar refractivity (Wildman–Crippen MR) is 166 cm³/mol. The van der Waals surface area contributed by atoms with Crippen LogP contribution in [0.3, 0.4) is 0 Å². The lowest BCUT2D eigenvalue weighted by molar-refractivity contribution is -0.384. The highest BCUT2D eigenvalue weighted by Crippen LogP contribution is 2.35. The van der Waals surface area contributed by atoms with Crippen molar-refractivity contribution in [1.29, 1.82) is 0 Å².